The Hall–Kier alpha value is -2.92. The van der Waals surface area contributed by atoms with Gasteiger partial charge in [-0.15, -0.1) is 0 Å². The quantitative estimate of drug-likeness (QED) is 0.253. The van der Waals surface area contributed by atoms with Gasteiger partial charge in [0.05, 0.1) is 16.8 Å². The Morgan fingerprint density at radius 3 is 2.39 bits per heavy atom. The van der Waals surface area contributed by atoms with Crippen molar-refractivity contribution < 1.29 is 17.9 Å². The highest BCUT2D eigenvalue weighted by Crippen LogP contribution is 2.17. The molecule has 0 aliphatic heterocycles. The number of halogens is 1. The number of hydrogen-bond acceptors (Lipinski definition) is 5. The fourth-order valence-corrected chi connectivity index (χ4v) is 3.80. The average molecular weight is 549 g/mol. The Bertz CT molecular complexity index is 1180. The zero-order valence-electron chi connectivity index (χ0n) is 16.6. The topological polar surface area (TPSA) is 96.9 Å². The van der Waals surface area contributed by atoms with Gasteiger partial charge >= 0.3 is 0 Å². The summed E-state index contributed by atoms with van der Waals surface area (Å²) in [6, 6.07) is 20.7. The number of benzene rings is 3. The van der Waals surface area contributed by atoms with E-state index in [4.69, 9.17) is 4.74 Å². The molecule has 7 nitrogen and oxygen atoms in total. The Morgan fingerprint density at radius 1 is 1.03 bits per heavy atom. The van der Waals surface area contributed by atoms with Crippen LogP contribution >= 0.6 is 22.6 Å². The highest BCUT2D eigenvalue weighted by molar-refractivity contribution is 14.1. The van der Waals surface area contributed by atoms with Crippen LogP contribution < -0.4 is 14.9 Å². The first-order chi connectivity index (χ1) is 14.8. The first-order valence-electron chi connectivity index (χ1n) is 9.22. The van der Waals surface area contributed by atoms with Crippen LogP contribution in [0.1, 0.15) is 11.1 Å². The van der Waals surface area contributed by atoms with Crippen LogP contribution in [0.3, 0.4) is 0 Å². The Morgan fingerprint density at radius 2 is 1.71 bits per heavy atom. The molecule has 9 heteroatoms. The minimum absolute atomic E-state index is 0.130. The normalized spacial score (nSPS) is 11.3. The summed E-state index contributed by atoms with van der Waals surface area (Å²) < 4.78 is 30.8. The summed E-state index contributed by atoms with van der Waals surface area (Å²) in [5.41, 5.74) is 2.37. The molecule has 0 aromatic heterocycles. The number of nitrogens with one attached hydrogen (secondary N) is 2. The van der Waals surface area contributed by atoms with E-state index in [2.05, 4.69) is 37.8 Å². The fourth-order valence-electron chi connectivity index (χ4n) is 2.49. The molecule has 0 fully saturated rings. The number of anilines is 1. The van der Waals surface area contributed by atoms with Gasteiger partial charge in [-0.1, -0.05) is 29.8 Å². The number of carbonyl (C=O) groups is 1. The summed E-state index contributed by atoms with van der Waals surface area (Å²) in [5, 5.41) is 6.60. The second kappa shape index (κ2) is 10.4. The minimum Gasteiger partial charge on any atom is -0.484 e. The monoisotopic (exact) mass is 549 g/mol. The van der Waals surface area contributed by atoms with Gasteiger partial charge in [0.1, 0.15) is 5.75 Å². The summed E-state index contributed by atoms with van der Waals surface area (Å²) in [6.07, 6.45) is 1.39. The Kier molecular flexibility index (Phi) is 7.64. The second-order valence-corrected chi connectivity index (χ2v) is 9.37. The van der Waals surface area contributed by atoms with E-state index in [9.17, 15) is 13.2 Å². The second-order valence-electron chi connectivity index (χ2n) is 6.55. The SMILES string of the molecule is Cc1ccc(S(=O)(=O)N/N=C\c2ccc(OCC(=O)Nc3ccccc3I)cc2)cc1. The van der Waals surface area contributed by atoms with E-state index in [1.165, 1.54) is 18.3 Å². The molecule has 1 amide bonds. The lowest BCUT2D eigenvalue weighted by molar-refractivity contribution is -0.118. The number of hydrazone groups is 1. The standard InChI is InChI=1S/C22H20IN3O4S/c1-16-6-12-19(13-7-16)31(28,29)26-24-14-17-8-10-18(11-9-17)30-15-22(27)25-21-5-3-2-4-20(21)23/h2-14,26H,15H2,1H3,(H,25,27)/b24-14-. The summed E-state index contributed by atoms with van der Waals surface area (Å²) in [5.74, 6) is 0.246. The number of nitrogens with zero attached hydrogens (tertiary/aromatic N) is 1. The van der Waals surface area contributed by atoms with Gasteiger partial charge in [-0.05, 0) is 83.6 Å². The van der Waals surface area contributed by atoms with Gasteiger partial charge in [0.15, 0.2) is 6.61 Å². The molecule has 2 N–H and O–H groups in total. The number of aryl methyl sites for hydroxylation is 1. The molecule has 0 heterocycles. The highest BCUT2D eigenvalue weighted by atomic mass is 127. The number of hydrogen-bond donors (Lipinski definition) is 2. The third kappa shape index (κ3) is 6.79. The van der Waals surface area contributed by atoms with Gasteiger partial charge in [0, 0.05) is 3.57 Å². The van der Waals surface area contributed by atoms with E-state index >= 15 is 0 Å². The summed E-state index contributed by atoms with van der Waals surface area (Å²) in [6.45, 7) is 1.75. The first-order valence-corrected chi connectivity index (χ1v) is 11.8. The van der Waals surface area contributed by atoms with E-state index in [0.717, 1.165) is 14.8 Å². The maximum atomic E-state index is 12.2. The van der Waals surface area contributed by atoms with E-state index in [1.807, 2.05) is 31.2 Å². The van der Waals surface area contributed by atoms with Gasteiger partial charge in [-0.2, -0.15) is 13.5 Å². The van der Waals surface area contributed by atoms with Crippen molar-refractivity contribution in [1.82, 2.24) is 4.83 Å². The molecule has 0 atom stereocenters. The van der Waals surface area contributed by atoms with Gasteiger partial charge in [0.25, 0.3) is 15.9 Å². The van der Waals surface area contributed by atoms with Crippen LogP contribution in [0.25, 0.3) is 0 Å². The van der Waals surface area contributed by atoms with Crippen molar-refractivity contribution in [3.05, 3.63) is 87.5 Å². The molecule has 0 radical (unpaired) electrons. The van der Waals surface area contributed by atoms with Gasteiger partial charge in [-0.3, -0.25) is 4.79 Å². The smallest absolute Gasteiger partial charge is 0.276 e. The number of para-hydroxylation sites is 1. The zero-order valence-corrected chi connectivity index (χ0v) is 19.6. The molecule has 0 bridgehead atoms. The van der Waals surface area contributed by atoms with Crippen LogP contribution in [0.15, 0.2) is 82.8 Å². The molecule has 160 valence electrons. The third-order valence-electron chi connectivity index (χ3n) is 4.12. The van der Waals surface area contributed by atoms with Crippen molar-refractivity contribution in [1.29, 1.82) is 0 Å². The van der Waals surface area contributed by atoms with Crippen LogP contribution in [-0.2, 0) is 14.8 Å². The molecule has 0 aliphatic rings. The van der Waals surface area contributed by atoms with Crippen molar-refractivity contribution in [3.63, 3.8) is 0 Å². The molecule has 0 spiro atoms. The van der Waals surface area contributed by atoms with Crippen LogP contribution in [0.4, 0.5) is 5.69 Å². The summed E-state index contributed by atoms with van der Waals surface area (Å²) >= 11 is 2.15. The molecule has 3 rings (SSSR count). The summed E-state index contributed by atoms with van der Waals surface area (Å²) in [7, 11) is -3.72. The maximum absolute atomic E-state index is 12.2. The predicted octanol–water partition coefficient (Wildman–Crippen LogP) is 3.93. The van der Waals surface area contributed by atoms with Gasteiger partial charge < -0.3 is 10.1 Å². The molecule has 31 heavy (non-hydrogen) atoms. The van der Waals surface area contributed by atoms with E-state index in [1.54, 1.807) is 36.4 Å². The molecule has 0 unspecified atom stereocenters. The molecule has 0 saturated heterocycles. The zero-order chi connectivity index (χ0) is 22.3. The minimum atomic E-state index is -3.72. The van der Waals surface area contributed by atoms with Crippen molar-refractivity contribution in [2.75, 3.05) is 11.9 Å². The predicted molar refractivity (Wildman–Crippen MR) is 129 cm³/mol. The lowest BCUT2D eigenvalue weighted by Gasteiger charge is -2.09. The summed E-state index contributed by atoms with van der Waals surface area (Å²) in [4.78, 5) is 14.4. The molecule has 3 aromatic carbocycles. The van der Waals surface area contributed by atoms with E-state index in [0.29, 0.717) is 11.3 Å². The first kappa shape index (κ1) is 22.8. The van der Waals surface area contributed by atoms with Crippen molar-refractivity contribution in [2.45, 2.75) is 11.8 Å². The van der Waals surface area contributed by atoms with Crippen LogP contribution in [0.2, 0.25) is 0 Å². The molecule has 0 aliphatic carbocycles. The van der Waals surface area contributed by atoms with Crippen LogP contribution in [0.5, 0.6) is 5.75 Å². The van der Waals surface area contributed by atoms with Crippen molar-refractivity contribution >= 4 is 50.4 Å². The van der Waals surface area contributed by atoms with Crippen LogP contribution in [-0.4, -0.2) is 27.1 Å². The lowest BCUT2D eigenvalue weighted by atomic mass is 10.2. The highest BCUT2D eigenvalue weighted by Gasteiger charge is 2.11. The Balaban J connectivity index is 1.51. The van der Waals surface area contributed by atoms with Crippen molar-refractivity contribution in [2.24, 2.45) is 5.10 Å². The number of ether oxygens (including phenoxy) is 1. The lowest BCUT2D eigenvalue weighted by Crippen LogP contribution is -2.20. The fraction of sp³-hybridized carbons (Fsp3) is 0.0909. The Labute approximate surface area is 194 Å². The van der Waals surface area contributed by atoms with E-state index < -0.39 is 10.0 Å². The number of rotatable bonds is 8. The van der Waals surface area contributed by atoms with Crippen LogP contribution in [0, 0.1) is 10.5 Å². The average Bonchev–Trinajstić information content (AvgIpc) is 2.75. The molecular formula is C22H20IN3O4S. The van der Waals surface area contributed by atoms with Crippen molar-refractivity contribution in [3.8, 4) is 5.75 Å². The number of sulfonamides is 1. The molecule has 0 saturated carbocycles. The third-order valence-corrected chi connectivity index (χ3v) is 6.29. The van der Waals surface area contributed by atoms with Gasteiger partial charge in [0.2, 0.25) is 0 Å². The number of amides is 1. The van der Waals surface area contributed by atoms with Gasteiger partial charge in [-0.25, -0.2) is 4.83 Å². The molecular weight excluding hydrogens is 529 g/mol. The van der Waals surface area contributed by atoms with E-state index in [-0.39, 0.29) is 17.4 Å². The largest absolute Gasteiger partial charge is 0.484 e. The molecule has 3 aromatic rings. The maximum Gasteiger partial charge on any atom is 0.276 e. The number of carbonyl (C=O) groups excluding carboxylic acids is 1.